The van der Waals surface area contributed by atoms with E-state index in [2.05, 4.69) is 81.7 Å². The van der Waals surface area contributed by atoms with E-state index in [0.717, 1.165) is 34.1 Å². The van der Waals surface area contributed by atoms with E-state index in [0.29, 0.717) is 75.7 Å². The van der Waals surface area contributed by atoms with Crippen molar-refractivity contribution in [1.29, 1.82) is 0 Å². The highest BCUT2D eigenvalue weighted by molar-refractivity contribution is 9.10. The zero-order valence-corrected chi connectivity index (χ0v) is 55.7. The first-order valence-corrected chi connectivity index (χ1v) is 30.9. The molecule has 2 saturated heterocycles. The summed E-state index contributed by atoms with van der Waals surface area (Å²) in [6.07, 6.45) is 3.80. The topological polar surface area (TPSA) is 277 Å². The number of carbonyl (C=O) groups is 2. The van der Waals surface area contributed by atoms with Crippen LogP contribution in [0.15, 0.2) is 217 Å². The predicted octanol–water partition coefficient (Wildman–Crippen LogP) is 18.3. The molecule has 2 amide bonds. The molecular formula is C64H44Br2Cl4F6N14O8. The number of anilines is 4. The summed E-state index contributed by atoms with van der Waals surface area (Å²) >= 11 is 29.4. The molecule has 0 spiro atoms. The Balaban J connectivity index is 0.000000153. The highest BCUT2D eigenvalue weighted by Gasteiger charge is 2.40. The summed E-state index contributed by atoms with van der Waals surface area (Å²) in [7, 11) is 0. The Hall–Kier alpha value is -10.2. The summed E-state index contributed by atoms with van der Waals surface area (Å²) < 4.78 is 112. The van der Waals surface area contributed by atoms with E-state index in [9.17, 15) is 35.9 Å². The quantitative estimate of drug-likeness (QED) is 0.108. The van der Waals surface area contributed by atoms with Gasteiger partial charge in [-0.05, 0) is 164 Å². The lowest BCUT2D eigenvalue weighted by atomic mass is 10.0. The molecule has 34 heteroatoms. The molecule has 2 fully saturated rings. The Morgan fingerprint density at radius 2 is 0.694 bits per heavy atom. The van der Waals surface area contributed by atoms with Gasteiger partial charge >= 0.3 is 24.5 Å². The van der Waals surface area contributed by atoms with E-state index in [4.69, 9.17) is 86.3 Å². The van der Waals surface area contributed by atoms with Gasteiger partial charge in [0.15, 0.2) is 11.6 Å². The second-order valence-corrected chi connectivity index (χ2v) is 22.9. The van der Waals surface area contributed by atoms with Crippen molar-refractivity contribution < 1.29 is 64.4 Å². The Morgan fingerprint density at radius 1 is 0.398 bits per heavy atom. The van der Waals surface area contributed by atoms with Crippen LogP contribution in [0.2, 0.25) is 20.1 Å². The van der Waals surface area contributed by atoms with Gasteiger partial charge in [-0.3, -0.25) is 0 Å². The van der Waals surface area contributed by atoms with Gasteiger partial charge in [0.1, 0.15) is 69.1 Å². The lowest BCUT2D eigenvalue weighted by Crippen LogP contribution is -2.28. The van der Waals surface area contributed by atoms with Crippen LogP contribution in [-0.2, 0) is 21.8 Å². The SMILES string of the molecule is Clc1ccc(Oc2cnc(Br)cn2)cc1.Nc1cnc(Br)cn1.Nc1cnc(Oc2ccc(Cl)cc2)cn1.O=C1OC[C@H](c2cccc(C(F)(F)F)c2)N1c1cnc(Oc2ccc(Cl)cc2)cn1.O=C1OC[C@H](c2cccc(C(F)(F)F)c2)N1c1cnc(Oc2ccc(Cl)cc2)cn1. The summed E-state index contributed by atoms with van der Waals surface area (Å²) in [5.41, 5.74) is 9.56. The van der Waals surface area contributed by atoms with Crippen molar-refractivity contribution in [1.82, 2.24) is 49.8 Å². The third-order valence-electron chi connectivity index (χ3n) is 12.7. The number of rotatable bonds is 12. The lowest BCUT2D eigenvalue weighted by molar-refractivity contribution is -0.138. The van der Waals surface area contributed by atoms with Crippen molar-refractivity contribution in [3.8, 4) is 46.5 Å². The van der Waals surface area contributed by atoms with Crippen LogP contribution < -0.4 is 40.2 Å². The number of carbonyl (C=O) groups excluding carboxylic acids is 2. The third kappa shape index (κ3) is 21.4. The smallest absolute Gasteiger partial charge is 0.416 e. The molecule has 0 aliphatic carbocycles. The van der Waals surface area contributed by atoms with Crippen LogP contribution in [0.5, 0.6) is 46.5 Å². The number of cyclic esters (lactones) is 2. The summed E-state index contributed by atoms with van der Waals surface area (Å²) in [6.45, 7) is -0.213. The van der Waals surface area contributed by atoms with Crippen LogP contribution in [0.3, 0.4) is 0 Å². The van der Waals surface area contributed by atoms with Crippen molar-refractivity contribution in [2.45, 2.75) is 24.4 Å². The van der Waals surface area contributed by atoms with Gasteiger partial charge in [-0.2, -0.15) is 26.3 Å². The van der Waals surface area contributed by atoms with E-state index in [1.54, 1.807) is 116 Å². The highest BCUT2D eigenvalue weighted by atomic mass is 79.9. The number of alkyl halides is 6. The minimum absolute atomic E-state index is 0.106. The molecule has 2 aliphatic rings. The van der Waals surface area contributed by atoms with E-state index >= 15 is 0 Å². The number of aromatic nitrogens is 10. The molecule has 502 valence electrons. The minimum atomic E-state index is -4.50. The van der Waals surface area contributed by atoms with Gasteiger partial charge in [-0.15, -0.1) is 0 Å². The Labute approximate surface area is 588 Å². The molecule has 22 nitrogen and oxygen atoms in total. The Morgan fingerprint density at radius 3 is 0.969 bits per heavy atom. The summed E-state index contributed by atoms with van der Waals surface area (Å²) in [4.78, 5) is 66.7. The molecule has 0 saturated carbocycles. The number of nitrogens with two attached hydrogens (primary N) is 2. The molecule has 2 aliphatic heterocycles. The summed E-state index contributed by atoms with van der Waals surface area (Å²) in [6, 6.07) is 35.2. The van der Waals surface area contributed by atoms with Crippen LogP contribution in [0.4, 0.5) is 59.2 Å². The molecule has 98 heavy (non-hydrogen) atoms. The fraction of sp³-hybridized carbons (Fsp3) is 0.0938. The van der Waals surface area contributed by atoms with Gasteiger partial charge in [-0.25, -0.2) is 69.2 Å². The second kappa shape index (κ2) is 33.6. The number of benzene rings is 6. The molecule has 4 N–H and O–H groups in total. The van der Waals surface area contributed by atoms with E-state index in [1.165, 1.54) is 67.6 Å². The minimum Gasteiger partial charge on any atom is -0.447 e. The average molecular weight is 1550 g/mol. The molecular weight excluding hydrogens is 1510 g/mol. The summed E-state index contributed by atoms with van der Waals surface area (Å²) in [5.74, 6) is 4.54. The highest BCUT2D eigenvalue weighted by Crippen LogP contribution is 2.39. The molecule has 7 heterocycles. The maximum atomic E-state index is 13.0. The van der Waals surface area contributed by atoms with Crippen molar-refractivity contribution in [2.24, 2.45) is 0 Å². The first-order chi connectivity index (χ1) is 46.9. The van der Waals surface area contributed by atoms with Gasteiger partial charge in [0, 0.05) is 20.1 Å². The number of hydrogen-bond donors (Lipinski definition) is 2. The summed E-state index contributed by atoms with van der Waals surface area (Å²) in [5, 5.41) is 2.43. The van der Waals surface area contributed by atoms with Crippen molar-refractivity contribution in [2.75, 3.05) is 34.5 Å². The average Bonchev–Trinajstić information content (AvgIpc) is 1.63. The normalized spacial score (nSPS) is 13.9. The monoisotopic (exact) mass is 1550 g/mol. The maximum Gasteiger partial charge on any atom is 0.416 e. The number of ether oxygens (including phenoxy) is 6. The second-order valence-electron chi connectivity index (χ2n) is 19.5. The molecule has 11 aromatic rings. The van der Waals surface area contributed by atoms with Gasteiger partial charge in [0.25, 0.3) is 0 Å². The zero-order valence-electron chi connectivity index (χ0n) is 49.5. The maximum absolute atomic E-state index is 13.0. The van der Waals surface area contributed by atoms with Gasteiger partial charge < -0.3 is 39.9 Å². The first kappa shape index (κ1) is 72.0. The molecule has 2 atom stereocenters. The van der Waals surface area contributed by atoms with Crippen molar-refractivity contribution in [3.05, 3.63) is 259 Å². The molecule has 5 aromatic heterocycles. The van der Waals surface area contributed by atoms with Gasteiger partial charge in [0.2, 0.25) is 23.5 Å². The molecule has 6 aromatic carbocycles. The third-order valence-corrected chi connectivity index (χ3v) is 14.5. The van der Waals surface area contributed by atoms with Crippen molar-refractivity contribution >= 4 is 114 Å². The molecule has 0 radical (unpaired) electrons. The molecule has 0 unspecified atom stereocenters. The number of halogens is 12. The van der Waals surface area contributed by atoms with Gasteiger partial charge in [-0.1, -0.05) is 70.7 Å². The standard InChI is InChI=1S/2C20H13ClF3N3O3.C10H6BrClN2O.C10H8ClN3O.C4H4BrN3/c2*21-14-4-6-15(7-5-14)30-18-10-25-17(9-26-18)27-16(11-29-19(27)28)12-2-1-3-13(8-12)20(22,23)24;11-9-5-14-10(6-13-9)15-8-3-1-7(12)2-4-8;11-7-1-3-8(4-2-7)15-10-6-13-9(12)5-14-10;5-3-1-8-4(6)2-7-3/h2*1-10,16H,11H2;1-6H;1-6H,(H2,12,13);1-2H,(H2,6,8)/t2*16-;;;/m11.../s1. The van der Waals surface area contributed by atoms with E-state index in [-0.39, 0.29) is 47.7 Å². The van der Waals surface area contributed by atoms with Crippen LogP contribution in [0, 0.1) is 0 Å². The molecule has 13 rings (SSSR count). The Kier molecular flexibility index (Phi) is 24.7. The molecule has 0 bridgehead atoms. The predicted molar refractivity (Wildman–Crippen MR) is 357 cm³/mol. The van der Waals surface area contributed by atoms with E-state index < -0.39 is 47.7 Å². The van der Waals surface area contributed by atoms with Crippen LogP contribution in [-0.4, -0.2) is 75.2 Å². The number of nitrogen functional groups attached to an aromatic ring is 2. The number of amides is 2. The van der Waals surface area contributed by atoms with Crippen LogP contribution in [0.25, 0.3) is 0 Å². The van der Waals surface area contributed by atoms with Crippen LogP contribution >= 0.6 is 78.3 Å². The fourth-order valence-electron chi connectivity index (χ4n) is 8.21. The van der Waals surface area contributed by atoms with E-state index in [1.807, 2.05) is 0 Å². The number of nitrogens with zero attached hydrogens (tertiary/aromatic N) is 12. The van der Waals surface area contributed by atoms with Crippen molar-refractivity contribution in [3.63, 3.8) is 0 Å². The lowest BCUT2D eigenvalue weighted by Gasteiger charge is -2.21. The van der Waals surface area contributed by atoms with Gasteiger partial charge in [0.05, 0.1) is 73.1 Å². The fourth-order valence-corrected chi connectivity index (χ4v) is 9.12. The first-order valence-electron chi connectivity index (χ1n) is 27.8. The largest absolute Gasteiger partial charge is 0.447 e. The number of hydrogen-bond acceptors (Lipinski definition) is 20. The zero-order chi connectivity index (χ0) is 69.9. The Bertz CT molecular complexity index is 4050. The van der Waals surface area contributed by atoms with Crippen LogP contribution in [0.1, 0.15) is 34.3 Å².